The number of piperidine rings is 1. The van der Waals surface area contributed by atoms with Crippen molar-refractivity contribution in [3.05, 3.63) is 18.7 Å². The Bertz CT molecular complexity index is 397. The maximum Gasteiger partial charge on any atom is 0.0946 e. The van der Waals surface area contributed by atoms with Crippen LogP contribution >= 0.6 is 0 Å². The van der Waals surface area contributed by atoms with Crippen LogP contribution in [0.4, 0.5) is 0 Å². The number of hydrogen-bond donors (Lipinski definition) is 2. The Labute approximate surface area is 128 Å². The first-order valence-electron chi connectivity index (χ1n) is 8.78. The van der Waals surface area contributed by atoms with Crippen molar-refractivity contribution in [3.63, 3.8) is 0 Å². The molecule has 2 aliphatic rings. The van der Waals surface area contributed by atoms with Gasteiger partial charge in [-0.05, 0) is 45.1 Å². The summed E-state index contributed by atoms with van der Waals surface area (Å²) in [5.74, 6) is 0.823. The van der Waals surface area contributed by atoms with Crippen molar-refractivity contribution in [1.82, 2.24) is 20.2 Å². The van der Waals surface area contributed by atoms with Crippen molar-refractivity contribution in [1.29, 1.82) is 0 Å². The fraction of sp³-hybridized carbons (Fsp3) is 0.824. The molecule has 2 heterocycles. The van der Waals surface area contributed by atoms with Gasteiger partial charge in [-0.1, -0.05) is 19.3 Å². The van der Waals surface area contributed by atoms with E-state index in [2.05, 4.69) is 33.3 Å². The molecule has 0 spiro atoms. The molecule has 2 N–H and O–H groups in total. The van der Waals surface area contributed by atoms with Crippen molar-refractivity contribution in [3.8, 4) is 0 Å². The maximum atomic E-state index is 4.14. The molecule has 0 bridgehead atoms. The van der Waals surface area contributed by atoms with E-state index in [0.29, 0.717) is 12.1 Å². The number of nitrogens with zero attached hydrogens (tertiary/aromatic N) is 2. The predicted molar refractivity (Wildman–Crippen MR) is 86.2 cm³/mol. The van der Waals surface area contributed by atoms with E-state index >= 15 is 0 Å². The van der Waals surface area contributed by atoms with Crippen molar-refractivity contribution < 1.29 is 0 Å². The molecule has 4 unspecified atom stereocenters. The summed E-state index contributed by atoms with van der Waals surface area (Å²) in [5, 5.41) is 7.70. The van der Waals surface area contributed by atoms with Gasteiger partial charge in [0.05, 0.1) is 6.33 Å². The summed E-state index contributed by atoms with van der Waals surface area (Å²) in [5.41, 5.74) is 0. The fourth-order valence-electron chi connectivity index (χ4n) is 4.22. The highest BCUT2D eigenvalue weighted by Gasteiger charge is 2.32. The maximum absolute atomic E-state index is 4.14. The molecule has 1 saturated heterocycles. The van der Waals surface area contributed by atoms with Crippen LogP contribution in [0, 0.1) is 5.92 Å². The molecule has 4 heteroatoms. The van der Waals surface area contributed by atoms with Crippen molar-refractivity contribution >= 4 is 0 Å². The lowest BCUT2D eigenvalue weighted by atomic mass is 9.77. The lowest BCUT2D eigenvalue weighted by Crippen LogP contribution is -2.52. The Kier molecular flexibility index (Phi) is 5.31. The second-order valence-corrected chi connectivity index (χ2v) is 6.94. The monoisotopic (exact) mass is 290 g/mol. The molecule has 3 rings (SSSR count). The second kappa shape index (κ2) is 7.41. The molecule has 4 nitrogen and oxygen atoms in total. The summed E-state index contributed by atoms with van der Waals surface area (Å²) in [6, 6.07) is 1.94. The van der Waals surface area contributed by atoms with E-state index in [1.165, 1.54) is 51.5 Å². The summed E-state index contributed by atoms with van der Waals surface area (Å²) in [6.45, 7) is 4.54. The highest BCUT2D eigenvalue weighted by atomic mass is 15.1. The third kappa shape index (κ3) is 4.07. The van der Waals surface area contributed by atoms with Gasteiger partial charge in [0, 0.05) is 37.1 Å². The van der Waals surface area contributed by atoms with Gasteiger partial charge in [-0.15, -0.1) is 0 Å². The van der Waals surface area contributed by atoms with Gasteiger partial charge in [0.1, 0.15) is 0 Å². The average molecular weight is 290 g/mol. The number of nitrogens with one attached hydrogen (secondary N) is 2. The molecule has 4 atom stereocenters. The Balaban J connectivity index is 1.55. The molecule has 1 aliphatic heterocycles. The van der Waals surface area contributed by atoms with E-state index in [1.54, 1.807) is 0 Å². The molecular formula is C17H30N4. The predicted octanol–water partition coefficient (Wildman–Crippen LogP) is 2.56. The van der Waals surface area contributed by atoms with E-state index < -0.39 is 0 Å². The van der Waals surface area contributed by atoms with Gasteiger partial charge in [-0.25, -0.2) is 4.98 Å². The lowest BCUT2D eigenvalue weighted by molar-refractivity contribution is 0.171. The van der Waals surface area contributed by atoms with Crippen molar-refractivity contribution in [2.75, 3.05) is 6.54 Å². The van der Waals surface area contributed by atoms with Gasteiger partial charge < -0.3 is 15.2 Å². The average Bonchev–Trinajstić information content (AvgIpc) is 3.01. The lowest BCUT2D eigenvalue weighted by Gasteiger charge is -2.41. The van der Waals surface area contributed by atoms with Crippen LogP contribution in [0.2, 0.25) is 0 Å². The van der Waals surface area contributed by atoms with Crippen LogP contribution in [-0.4, -0.2) is 34.2 Å². The van der Waals surface area contributed by atoms with Gasteiger partial charge in [0.2, 0.25) is 0 Å². The van der Waals surface area contributed by atoms with Crippen LogP contribution in [0.25, 0.3) is 0 Å². The zero-order valence-corrected chi connectivity index (χ0v) is 13.3. The first kappa shape index (κ1) is 15.0. The molecule has 2 fully saturated rings. The smallest absolute Gasteiger partial charge is 0.0946 e. The van der Waals surface area contributed by atoms with Crippen molar-refractivity contribution in [2.45, 2.75) is 76.5 Å². The van der Waals surface area contributed by atoms with Crippen LogP contribution in [0.1, 0.15) is 51.9 Å². The molecule has 0 aromatic carbocycles. The molecule has 1 aliphatic carbocycles. The number of imidazole rings is 1. The number of rotatable bonds is 5. The molecular weight excluding hydrogens is 260 g/mol. The highest BCUT2D eigenvalue weighted by Crippen LogP contribution is 2.30. The highest BCUT2D eigenvalue weighted by molar-refractivity contribution is 4.91. The molecule has 0 radical (unpaired) electrons. The van der Waals surface area contributed by atoms with Crippen LogP contribution in [0.5, 0.6) is 0 Å². The Morgan fingerprint density at radius 1 is 1.24 bits per heavy atom. The summed E-state index contributed by atoms with van der Waals surface area (Å²) in [4.78, 5) is 4.14. The molecule has 1 aromatic rings. The van der Waals surface area contributed by atoms with Gasteiger partial charge in [0.15, 0.2) is 0 Å². The zero-order valence-electron chi connectivity index (χ0n) is 13.3. The van der Waals surface area contributed by atoms with Crippen LogP contribution in [0.3, 0.4) is 0 Å². The quantitative estimate of drug-likeness (QED) is 0.876. The van der Waals surface area contributed by atoms with E-state index in [0.717, 1.165) is 18.5 Å². The number of hydrogen-bond acceptors (Lipinski definition) is 3. The third-order valence-electron chi connectivity index (χ3n) is 5.23. The minimum Gasteiger partial charge on any atom is -0.336 e. The van der Waals surface area contributed by atoms with Gasteiger partial charge in [0.25, 0.3) is 0 Å². The first-order chi connectivity index (χ1) is 10.3. The van der Waals surface area contributed by atoms with Gasteiger partial charge >= 0.3 is 0 Å². The molecule has 21 heavy (non-hydrogen) atoms. The Hall–Kier alpha value is -0.870. The Morgan fingerprint density at radius 3 is 2.86 bits per heavy atom. The largest absolute Gasteiger partial charge is 0.336 e. The van der Waals surface area contributed by atoms with Gasteiger partial charge in [-0.2, -0.15) is 0 Å². The summed E-state index contributed by atoms with van der Waals surface area (Å²) < 4.78 is 2.17. The molecule has 0 amide bonds. The Morgan fingerprint density at radius 2 is 2.10 bits per heavy atom. The standard InChI is InChI=1S/C17H30N4/c1-14(12-21-11-10-18-13-21)20-17-8-3-2-6-15(17)16-7-4-5-9-19-16/h10-11,13-17,19-20H,2-9,12H2,1H3. The first-order valence-corrected chi connectivity index (χ1v) is 8.78. The molecule has 1 saturated carbocycles. The second-order valence-electron chi connectivity index (χ2n) is 6.94. The fourth-order valence-corrected chi connectivity index (χ4v) is 4.22. The van der Waals surface area contributed by atoms with Crippen LogP contribution in [0.15, 0.2) is 18.7 Å². The summed E-state index contributed by atoms with van der Waals surface area (Å²) in [6.07, 6.45) is 15.5. The third-order valence-corrected chi connectivity index (χ3v) is 5.23. The number of aromatic nitrogens is 2. The molecule has 1 aromatic heterocycles. The normalized spacial score (nSPS) is 32.0. The van der Waals surface area contributed by atoms with Gasteiger partial charge in [-0.3, -0.25) is 0 Å². The van der Waals surface area contributed by atoms with E-state index in [4.69, 9.17) is 0 Å². The van der Waals surface area contributed by atoms with E-state index in [-0.39, 0.29) is 0 Å². The molecule has 118 valence electrons. The van der Waals surface area contributed by atoms with E-state index in [9.17, 15) is 0 Å². The SMILES string of the molecule is CC(Cn1ccnc1)NC1CCCCC1C1CCCCN1. The topological polar surface area (TPSA) is 41.9 Å². The minimum absolute atomic E-state index is 0.508. The minimum atomic E-state index is 0.508. The summed E-state index contributed by atoms with van der Waals surface area (Å²) in [7, 11) is 0. The van der Waals surface area contributed by atoms with Crippen LogP contribution in [-0.2, 0) is 6.54 Å². The van der Waals surface area contributed by atoms with Crippen molar-refractivity contribution in [2.24, 2.45) is 5.92 Å². The summed E-state index contributed by atoms with van der Waals surface area (Å²) >= 11 is 0. The zero-order chi connectivity index (χ0) is 14.5. The van der Waals surface area contributed by atoms with E-state index in [1.807, 2.05) is 12.5 Å². The van der Waals surface area contributed by atoms with Crippen LogP contribution < -0.4 is 10.6 Å².